The molecule has 0 unspecified atom stereocenters. The standard InChI is InChI=1S/C33H26ClFN8O5S2/c1-48-31(46)26-24(38-28(29-37-6-9-49-29)40-27(26)22-5-3-19(35)11-23(22)34)15-41-7-8-42-20(13-41)14-43(33(42)47)32-39-25(16-50-32)21-4-2-17(30(44)45)10-18(21)12-36/h2-6,9-11,16,20,27H,7-8,13-15H2,1H3,(H,38,40)(H,44,45)/t20-,27-/m0/s1. The lowest BCUT2D eigenvalue weighted by molar-refractivity contribution is -0.136. The summed E-state index contributed by atoms with van der Waals surface area (Å²) < 4.78 is 19.2. The molecule has 5 heterocycles. The van der Waals surface area contributed by atoms with Gasteiger partial charge >= 0.3 is 18.0 Å². The average Bonchev–Trinajstić information content (AvgIpc) is 3.89. The van der Waals surface area contributed by atoms with Gasteiger partial charge in [0.05, 0.1) is 48.2 Å². The van der Waals surface area contributed by atoms with E-state index in [0.717, 1.165) is 0 Å². The van der Waals surface area contributed by atoms with Crippen LogP contribution in [0.2, 0.25) is 5.02 Å². The number of nitriles is 1. The van der Waals surface area contributed by atoms with Crippen molar-refractivity contribution in [1.82, 2.24) is 25.1 Å². The number of anilines is 1. The Labute approximate surface area is 297 Å². The number of thiazole rings is 2. The number of amidine groups is 1. The molecule has 2 amide bonds. The van der Waals surface area contributed by atoms with Crippen LogP contribution in [0.25, 0.3) is 11.3 Å². The molecule has 3 aliphatic rings. The summed E-state index contributed by atoms with van der Waals surface area (Å²) in [5, 5.41) is 27.0. The van der Waals surface area contributed by atoms with Crippen molar-refractivity contribution < 1.29 is 28.6 Å². The second kappa shape index (κ2) is 13.6. The zero-order valence-corrected chi connectivity index (χ0v) is 28.6. The van der Waals surface area contributed by atoms with Gasteiger partial charge in [-0.3, -0.25) is 14.8 Å². The Bertz CT molecular complexity index is 2130. The van der Waals surface area contributed by atoms with E-state index in [2.05, 4.69) is 20.2 Å². The van der Waals surface area contributed by atoms with E-state index in [0.29, 0.717) is 64.7 Å². The number of nitrogens with one attached hydrogen (secondary N) is 1. The van der Waals surface area contributed by atoms with E-state index >= 15 is 0 Å². The summed E-state index contributed by atoms with van der Waals surface area (Å²) in [6, 6.07) is 8.98. The molecular weight excluding hydrogens is 707 g/mol. The Balaban J connectivity index is 1.14. The quantitative estimate of drug-likeness (QED) is 0.241. The summed E-state index contributed by atoms with van der Waals surface area (Å²) in [5.74, 6) is -1.83. The molecular formula is C33H26ClFN8O5S2. The number of fused-ring (bicyclic) bond motifs is 1. The topological polar surface area (TPSA) is 164 Å². The van der Waals surface area contributed by atoms with Crippen LogP contribution >= 0.6 is 34.3 Å². The molecule has 0 bridgehead atoms. The van der Waals surface area contributed by atoms with Crippen LogP contribution < -0.4 is 10.2 Å². The third-order valence-corrected chi connectivity index (χ3v) is 10.6. The van der Waals surface area contributed by atoms with Gasteiger partial charge in [-0.2, -0.15) is 5.26 Å². The number of carbonyl (C=O) groups excluding carboxylic acids is 2. The smallest absolute Gasteiger partial charge is 0.338 e. The highest BCUT2D eigenvalue weighted by molar-refractivity contribution is 7.14. The van der Waals surface area contributed by atoms with Crippen molar-refractivity contribution in [2.45, 2.75) is 12.1 Å². The predicted octanol–water partition coefficient (Wildman–Crippen LogP) is 4.77. The number of carbonyl (C=O) groups is 3. The number of nitrogens with zero attached hydrogens (tertiary/aromatic N) is 7. The number of piperazine rings is 1. The maximum absolute atomic E-state index is 14.0. The third-order valence-electron chi connectivity index (χ3n) is 8.63. The summed E-state index contributed by atoms with van der Waals surface area (Å²) in [4.78, 5) is 57.7. The molecule has 254 valence electrons. The zero-order valence-electron chi connectivity index (χ0n) is 26.2. The SMILES string of the molecule is COC(=O)C1=C(CN2CCN3C(=O)N(c4nc(-c5ccc(C(=O)O)cc5C#N)cs4)C[C@@H]3C2)NC(c2nccs2)=N[C@H]1c1ccc(F)cc1Cl. The summed E-state index contributed by atoms with van der Waals surface area (Å²) in [7, 11) is 1.28. The van der Waals surface area contributed by atoms with Gasteiger partial charge in [0.15, 0.2) is 16.0 Å². The fourth-order valence-corrected chi connectivity index (χ4v) is 7.96. The second-order valence-corrected chi connectivity index (χ2v) is 13.7. The van der Waals surface area contributed by atoms with Gasteiger partial charge in [0.2, 0.25) is 0 Å². The second-order valence-electron chi connectivity index (χ2n) is 11.6. The van der Waals surface area contributed by atoms with E-state index in [-0.39, 0.29) is 40.3 Å². The van der Waals surface area contributed by atoms with E-state index in [1.807, 2.05) is 11.4 Å². The summed E-state index contributed by atoms with van der Waals surface area (Å²) in [5.41, 5.74) is 2.32. The highest BCUT2D eigenvalue weighted by atomic mass is 35.5. The number of aromatic nitrogens is 2. The van der Waals surface area contributed by atoms with Crippen LogP contribution in [0, 0.1) is 17.1 Å². The lowest BCUT2D eigenvalue weighted by Crippen LogP contribution is -2.53. The van der Waals surface area contributed by atoms with Crippen molar-refractivity contribution in [1.29, 1.82) is 5.26 Å². The predicted molar refractivity (Wildman–Crippen MR) is 184 cm³/mol. The van der Waals surface area contributed by atoms with E-state index in [1.54, 1.807) is 27.4 Å². The van der Waals surface area contributed by atoms with Crippen molar-refractivity contribution in [3.8, 4) is 17.3 Å². The first-order chi connectivity index (χ1) is 24.1. The molecule has 50 heavy (non-hydrogen) atoms. The lowest BCUT2D eigenvalue weighted by atomic mass is 9.95. The highest BCUT2D eigenvalue weighted by Gasteiger charge is 2.43. The molecule has 0 saturated carbocycles. The number of benzene rings is 2. The molecule has 3 aliphatic heterocycles. The van der Waals surface area contributed by atoms with Crippen LogP contribution in [0.5, 0.6) is 0 Å². The molecule has 2 atom stereocenters. The van der Waals surface area contributed by atoms with Crippen LogP contribution in [0.3, 0.4) is 0 Å². The highest BCUT2D eigenvalue weighted by Crippen LogP contribution is 2.38. The van der Waals surface area contributed by atoms with Crippen molar-refractivity contribution in [3.63, 3.8) is 0 Å². The van der Waals surface area contributed by atoms with E-state index in [4.69, 9.17) is 21.3 Å². The average molecular weight is 733 g/mol. The molecule has 2 aromatic heterocycles. The first-order valence-electron chi connectivity index (χ1n) is 15.2. The monoisotopic (exact) mass is 732 g/mol. The maximum Gasteiger partial charge on any atom is 0.338 e. The molecule has 17 heteroatoms. The van der Waals surface area contributed by atoms with Crippen molar-refractivity contribution in [2.75, 3.05) is 44.7 Å². The molecule has 2 saturated heterocycles. The van der Waals surface area contributed by atoms with Gasteiger partial charge < -0.3 is 20.1 Å². The first kappa shape index (κ1) is 33.3. The number of aromatic carboxylic acids is 1. The number of hydrogen-bond donors (Lipinski definition) is 2. The molecule has 0 spiro atoms. The molecule has 2 aromatic carbocycles. The molecule has 2 N–H and O–H groups in total. The largest absolute Gasteiger partial charge is 0.478 e. The molecule has 2 fully saturated rings. The zero-order chi connectivity index (χ0) is 35.1. The first-order valence-corrected chi connectivity index (χ1v) is 17.3. The Hall–Kier alpha value is -5.21. The lowest BCUT2D eigenvalue weighted by Gasteiger charge is -2.38. The molecule has 7 rings (SSSR count). The third kappa shape index (κ3) is 6.20. The normalized spacial score (nSPS) is 19.2. The van der Waals surface area contributed by atoms with Gasteiger partial charge in [0.1, 0.15) is 11.9 Å². The van der Waals surface area contributed by atoms with Crippen LogP contribution in [0.15, 0.2) is 69.6 Å². The minimum Gasteiger partial charge on any atom is -0.478 e. The molecule has 0 radical (unpaired) electrons. The van der Waals surface area contributed by atoms with E-state index in [1.165, 1.54) is 60.1 Å². The number of esters is 1. The Morgan fingerprint density at radius 1 is 1.20 bits per heavy atom. The Kier molecular flexibility index (Phi) is 9.05. The van der Waals surface area contributed by atoms with Gasteiger partial charge in [0.25, 0.3) is 0 Å². The minimum atomic E-state index is -1.14. The Morgan fingerprint density at radius 3 is 2.76 bits per heavy atom. The molecule has 4 aromatic rings. The van der Waals surface area contributed by atoms with Crippen LogP contribution in [-0.4, -0.2) is 94.6 Å². The van der Waals surface area contributed by atoms with Gasteiger partial charge in [-0.05, 0) is 24.3 Å². The number of carboxylic acids is 1. The number of urea groups is 1. The van der Waals surface area contributed by atoms with E-state index in [9.17, 15) is 29.1 Å². The number of amides is 2. The summed E-state index contributed by atoms with van der Waals surface area (Å²) in [6.45, 7) is 2.07. The van der Waals surface area contributed by atoms with Gasteiger partial charge in [0, 0.05) is 65.0 Å². The summed E-state index contributed by atoms with van der Waals surface area (Å²) in [6.07, 6.45) is 1.65. The van der Waals surface area contributed by atoms with Gasteiger partial charge in [-0.25, -0.2) is 28.7 Å². The maximum atomic E-state index is 14.0. The van der Waals surface area contributed by atoms with Crippen LogP contribution in [-0.2, 0) is 9.53 Å². The number of methoxy groups -OCH3 is 1. The molecule has 13 nitrogen and oxygen atoms in total. The number of halogens is 2. The summed E-state index contributed by atoms with van der Waals surface area (Å²) >= 11 is 9.12. The van der Waals surface area contributed by atoms with Crippen molar-refractivity contribution in [3.05, 3.63) is 97.2 Å². The van der Waals surface area contributed by atoms with Gasteiger partial charge in [-0.1, -0.05) is 23.7 Å². The van der Waals surface area contributed by atoms with Crippen molar-refractivity contribution >= 4 is 63.2 Å². The fraction of sp³-hybridized carbons (Fsp3) is 0.242. The van der Waals surface area contributed by atoms with Crippen LogP contribution in [0.1, 0.15) is 32.5 Å². The number of ether oxygens (including phenoxy) is 1. The number of hydrogen-bond acceptors (Lipinski definition) is 12. The minimum absolute atomic E-state index is 0.00345. The van der Waals surface area contributed by atoms with Crippen molar-refractivity contribution in [2.24, 2.45) is 4.99 Å². The number of carboxylic acid groups (broad SMARTS) is 1. The van der Waals surface area contributed by atoms with E-state index < -0.39 is 23.8 Å². The molecule has 0 aliphatic carbocycles. The van der Waals surface area contributed by atoms with Crippen LogP contribution in [0.4, 0.5) is 14.3 Å². The van der Waals surface area contributed by atoms with Gasteiger partial charge in [-0.15, -0.1) is 22.7 Å². The Morgan fingerprint density at radius 2 is 2.04 bits per heavy atom. The number of rotatable bonds is 8. The fourth-order valence-electron chi connectivity index (χ4n) is 6.27. The number of aliphatic imine (C=N–C) groups is 1.